The van der Waals surface area contributed by atoms with Gasteiger partial charge >= 0.3 is 0 Å². The van der Waals surface area contributed by atoms with Crippen LogP contribution in [0.15, 0.2) is 30.3 Å². The summed E-state index contributed by atoms with van der Waals surface area (Å²) in [5, 5.41) is 3.67. The van der Waals surface area contributed by atoms with Gasteiger partial charge in [0, 0.05) is 31.6 Å². The summed E-state index contributed by atoms with van der Waals surface area (Å²) in [6.45, 7) is 8.93. The van der Waals surface area contributed by atoms with E-state index in [2.05, 4.69) is 41.4 Å². The molecule has 1 aliphatic rings. The quantitative estimate of drug-likeness (QED) is 0.829. The Labute approximate surface area is 141 Å². The summed E-state index contributed by atoms with van der Waals surface area (Å²) in [7, 11) is 0. The van der Waals surface area contributed by atoms with Gasteiger partial charge < -0.3 is 10.2 Å². The Morgan fingerprint density at radius 2 is 2.00 bits per heavy atom. The molecule has 1 fully saturated rings. The van der Waals surface area contributed by atoms with Gasteiger partial charge in [-0.1, -0.05) is 63.9 Å². The molecule has 2 rings (SSSR count). The standard InChI is InChI=1S/C20H32N2O/c1-4-5-9-18-12-19(15-22(14-18)20(23)16(2)3)21-13-17-10-7-6-8-11-17/h6-8,10-11,16,18-19,21H,4-5,9,12-15H2,1-3H3. The maximum absolute atomic E-state index is 12.4. The smallest absolute Gasteiger partial charge is 0.225 e. The van der Waals surface area contributed by atoms with Gasteiger partial charge in [-0.2, -0.15) is 0 Å². The number of likely N-dealkylation sites (tertiary alicyclic amines) is 1. The predicted molar refractivity (Wildman–Crippen MR) is 96.1 cm³/mol. The zero-order chi connectivity index (χ0) is 16.7. The number of benzene rings is 1. The Morgan fingerprint density at radius 3 is 2.65 bits per heavy atom. The molecule has 0 spiro atoms. The molecule has 3 heteroatoms. The van der Waals surface area contributed by atoms with Crippen LogP contribution in [-0.2, 0) is 11.3 Å². The van der Waals surface area contributed by atoms with E-state index in [1.807, 2.05) is 19.9 Å². The maximum atomic E-state index is 12.4. The number of unbranched alkanes of at least 4 members (excludes halogenated alkanes) is 1. The largest absolute Gasteiger partial charge is 0.341 e. The number of carbonyl (C=O) groups is 1. The first-order valence-corrected chi connectivity index (χ1v) is 9.16. The fraction of sp³-hybridized carbons (Fsp3) is 0.650. The topological polar surface area (TPSA) is 32.3 Å². The zero-order valence-electron chi connectivity index (χ0n) is 14.9. The number of rotatable bonds is 7. The summed E-state index contributed by atoms with van der Waals surface area (Å²) in [6, 6.07) is 10.9. The Kier molecular flexibility index (Phi) is 7.10. The van der Waals surface area contributed by atoms with E-state index in [1.54, 1.807) is 0 Å². The number of nitrogens with zero attached hydrogens (tertiary/aromatic N) is 1. The van der Waals surface area contributed by atoms with Crippen molar-refractivity contribution in [2.45, 2.75) is 59.0 Å². The highest BCUT2D eigenvalue weighted by atomic mass is 16.2. The van der Waals surface area contributed by atoms with Gasteiger partial charge in [0.2, 0.25) is 5.91 Å². The summed E-state index contributed by atoms with van der Waals surface area (Å²) in [6.07, 6.45) is 4.92. The van der Waals surface area contributed by atoms with Gasteiger partial charge in [0.05, 0.1) is 0 Å². The molecule has 1 aromatic rings. The number of hydrogen-bond acceptors (Lipinski definition) is 2. The second-order valence-corrected chi connectivity index (χ2v) is 7.21. The van der Waals surface area contributed by atoms with Crippen molar-refractivity contribution >= 4 is 5.91 Å². The van der Waals surface area contributed by atoms with Crippen LogP contribution in [0.25, 0.3) is 0 Å². The van der Waals surface area contributed by atoms with Crippen molar-refractivity contribution in [1.29, 1.82) is 0 Å². The summed E-state index contributed by atoms with van der Waals surface area (Å²) in [4.78, 5) is 14.5. The molecule has 0 aliphatic carbocycles. The fourth-order valence-corrected chi connectivity index (χ4v) is 3.46. The molecule has 23 heavy (non-hydrogen) atoms. The number of hydrogen-bond donors (Lipinski definition) is 1. The molecule has 2 atom stereocenters. The first kappa shape index (κ1) is 18.0. The summed E-state index contributed by atoms with van der Waals surface area (Å²) < 4.78 is 0. The average molecular weight is 316 g/mol. The lowest BCUT2D eigenvalue weighted by Gasteiger charge is -2.39. The van der Waals surface area contributed by atoms with Crippen molar-refractivity contribution in [2.24, 2.45) is 11.8 Å². The molecule has 2 unspecified atom stereocenters. The summed E-state index contributed by atoms with van der Waals surface area (Å²) in [5.41, 5.74) is 1.31. The van der Waals surface area contributed by atoms with E-state index in [1.165, 1.54) is 31.2 Å². The summed E-state index contributed by atoms with van der Waals surface area (Å²) in [5.74, 6) is 1.03. The Morgan fingerprint density at radius 1 is 1.26 bits per heavy atom. The van der Waals surface area contributed by atoms with E-state index in [0.29, 0.717) is 17.9 Å². The van der Waals surface area contributed by atoms with Gasteiger partial charge in [-0.3, -0.25) is 4.79 Å². The maximum Gasteiger partial charge on any atom is 0.225 e. The molecule has 0 radical (unpaired) electrons. The highest BCUT2D eigenvalue weighted by molar-refractivity contribution is 5.78. The predicted octanol–water partition coefficient (Wildman–Crippen LogP) is 3.84. The minimum atomic E-state index is 0.0923. The van der Waals surface area contributed by atoms with Crippen molar-refractivity contribution in [3.05, 3.63) is 35.9 Å². The molecule has 1 amide bonds. The van der Waals surface area contributed by atoms with Crippen LogP contribution in [0.1, 0.15) is 52.0 Å². The lowest BCUT2D eigenvalue weighted by Crippen LogP contribution is -2.52. The molecule has 0 saturated carbocycles. The third-order valence-corrected chi connectivity index (χ3v) is 4.75. The molecule has 1 aromatic carbocycles. The highest BCUT2D eigenvalue weighted by Gasteiger charge is 2.30. The van der Waals surface area contributed by atoms with Gasteiger partial charge in [0.25, 0.3) is 0 Å². The van der Waals surface area contributed by atoms with Crippen molar-refractivity contribution in [2.75, 3.05) is 13.1 Å². The van der Waals surface area contributed by atoms with Crippen molar-refractivity contribution in [3.63, 3.8) is 0 Å². The van der Waals surface area contributed by atoms with Crippen LogP contribution < -0.4 is 5.32 Å². The van der Waals surface area contributed by atoms with Gasteiger partial charge in [0.15, 0.2) is 0 Å². The number of nitrogens with one attached hydrogen (secondary N) is 1. The average Bonchev–Trinajstić information content (AvgIpc) is 2.58. The zero-order valence-corrected chi connectivity index (χ0v) is 14.9. The van der Waals surface area contributed by atoms with Crippen molar-refractivity contribution in [3.8, 4) is 0 Å². The van der Waals surface area contributed by atoms with Crippen LogP contribution in [0.5, 0.6) is 0 Å². The molecule has 1 aliphatic heterocycles. The Bertz CT molecular complexity index is 472. The molecule has 1 saturated heterocycles. The molecule has 0 aromatic heterocycles. The van der Waals surface area contributed by atoms with E-state index in [9.17, 15) is 4.79 Å². The lowest BCUT2D eigenvalue weighted by molar-refractivity contribution is -0.137. The first-order valence-electron chi connectivity index (χ1n) is 9.16. The molecule has 128 valence electrons. The molecular weight excluding hydrogens is 284 g/mol. The van der Waals surface area contributed by atoms with Gasteiger partial charge in [-0.25, -0.2) is 0 Å². The van der Waals surface area contributed by atoms with Crippen molar-refractivity contribution in [1.82, 2.24) is 10.2 Å². The van der Waals surface area contributed by atoms with E-state index in [0.717, 1.165) is 19.6 Å². The van der Waals surface area contributed by atoms with Crippen molar-refractivity contribution < 1.29 is 4.79 Å². The normalized spacial score (nSPS) is 21.7. The van der Waals surface area contributed by atoms with Crippen LogP contribution in [0.4, 0.5) is 0 Å². The second-order valence-electron chi connectivity index (χ2n) is 7.21. The highest BCUT2D eigenvalue weighted by Crippen LogP contribution is 2.23. The van der Waals surface area contributed by atoms with Gasteiger partial charge in [0.1, 0.15) is 0 Å². The fourth-order valence-electron chi connectivity index (χ4n) is 3.46. The molecule has 3 nitrogen and oxygen atoms in total. The van der Waals surface area contributed by atoms with E-state index in [4.69, 9.17) is 0 Å². The molecule has 1 heterocycles. The Balaban J connectivity index is 1.94. The number of piperidine rings is 1. The third kappa shape index (κ3) is 5.65. The second kappa shape index (κ2) is 9.07. The van der Waals surface area contributed by atoms with Gasteiger partial charge in [-0.05, 0) is 24.3 Å². The molecule has 1 N–H and O–H groups in total. The van der Waals surface area contributed by atoms with Crippen LogP contribution in [0.3, 0.4) is 0 Å². The van der Waals surface area contributed by atoms with Crippen LogP contribution in [0.2, 0.25) is 0 Å². The number of amides is 1. The lowest BCUT2D eigenvalue weighted by atomic mass is 9.89. The van der Waals surface area contributed by atoms with E-state index in [-0.39, 0.29) is 5.92 Å². The van der Waals surface area contributed by atoms with E-state index >= 15 is 0 Å². The van der Waals surface area contributed by atoms with Crippen LogP contribution >= 0.6 is 0 Å². The van der Waals surface area contributed by atoms with Gasteiger partial charge in [-0.15, -0.1) is 0 Å². The third-order valence-electron chi connectivity index (χ3n) is 4.75. The molecular formula is C20H32N2O. The van der Waals surface area contributed by atoms with Crippen LogP contribution in [0, 0.1) is 11.8 Å². The minimum Gasteiger partial charge on any atom is -0.341 e. The first-order chi connectivity index (χ1) is 11.1. The van der Waals surface area contributed by atoms with E-state index < -0.39 is 0 Å². The SMILES string of the molecule is CCCCC1CC(NCc2ccccc2)CN(C(=O)C(C)C)C1. The monoisotopic (exact) mass is 316 g/mol. The Hall–Kier alpha value is -1.35. The van der Waals surface area contributed by atoms with Crippen LogP contribution in [-0.4, -0.2) is 29.9 Å². The minimum absolute atomic E-state index is 0.0923. The number of carbonyl (C=O) groups excluding carboxylic acids is 1. The molecule has 0 bridgehead atoms. The summed E-state index contributed by atoms with van der Waals surface area (Å²) >= 11 is 0.